The van der Waals surface area contributed by atoms with E-state index in [1.165, 1.54) is 0 Å². The van der Waals surface area contributed by atoms with Crippen LogP contribution in [0.1, 0.15) is 31.2 Å². The summed E-state index contributed by atoms with van der Waals surface area (Å²) < 4.78 is 0. The molecule has 0 aliphatic heterocycles. The summed E-state index contributed by atoms with van der Waals surface area (Å²) in [6.45, 7) is 0.0511. The standard InChI is InChI=1S/C21H32N6O6/c22-9-5-4-8-14(25-18(29)12-23)19(30)26-15(11-17(24)28)20(31)27-16(21(32)33)10-13-6-2-1-3-7-13/h1-3,6-7,14-16H,4-5,8-12,22-23H2,(H2,24,28)(H,25,29)(H,26,30)(H,27,31)(H,32,33). The maximum Gasteiger partial charge on any atom is 0.326 e. The number of carboxylic acid groups (broad SMARTS) is 1. The Labute approximate surface area is 191 Å². The van der Waals surface area contributed by atoms with Crippen molar-refractivity contribution in [2.24, 2.45) is 17.2 Å². The Bertz CT molecular complexity index is 819. The van der Waals surface area contributed by atoms with E-state index in [1.54, 1.807) is 30.3 Å². The van der Waals surface area contributed by atoms with Gasteiger partial charge in [0.1, 0.15) is 18.1 Å². The number of aliphatic carboxylic acids is 1. The van der Waals surface area contributed by atoms with Gasteiger partial charge < -0.3 is 38.3 Å². The van der Waals surface area contributed by atoms with Gasteiger partial charge in [-0.3, -0.25) is 19.2 Å². The number of hydrogen-bond acceptors (Lipinski definition) is 7. The van der Waals surface area contributed by atoms with Crippen LogP contribution in [0.3, 0.4) is 0 Å². The van der Waals surface area contributed by atoms with Crippen LogP contribution in [0.4, 0.5) is 0 Å². The molecule has 12 heteroatoms. The second-order valence-corrected chi connectivity index (χ2v) is 7.43. The van der Waals surface area contributed by atoms with Crippen LogP contribution in [-0.2, 0) is 30.4 Å². The predicted octanol–water partition coefficient (Wildman–Crippen LogP) is -2.27. The molecular formula is C21H32N6O6. The number of amides is 4. The monoisotopic (exact) mass is 464 g/mol. The second kappa shape index (κ2) is 14.5. The molecular weight excluding hydrogens is 432 g/mol. The summed E-state index contributed by atoms with van der Waals surface area (Å²) >= 11 is 0. The van der Waals surface area contributed by atoms with Crippen molar-refractivity contribution in [3.05, 3.63) is 35.9 Å². The Balaban J connectivity index is 2.94. The van der Waals surface area contributed by atoms with Crippen molar-refractivity contribution in [3.8, 4) is 0 Å². The van der Waals surface area contributed by atoms with Crippen molar-refractivity contribution in [1.29, 1.82) is 0 Å². The summed E-state index contributed by atoms with van der Waals surface area (Å²) in [5.74, 6) is -4.36. The summed E-state index contributed by atoms with van der Waals surface area (Å²) in [4.78, 5) is 60.3. The first-order valence-electron chi connectivity index (χ1n) is 10.5. The third kappa shape index (κ3) is 10.6. The number of nitrogens with two attached hydrogens (primary N) is 3. The second-order valence-electron chi connectivity index (χ2n) is 7.43. The van der Waals surface area contributed by atoms with E-state index in [4.69, 9.17) is 17.2 Å². The Kier molecular flexibility index (Phi) is 12.1. The van der Waals surface area contributed by atoms with Crippen LogP contribution < -0.4 is 33.2 Å². The van der Waals surface area contributed by atoms with E-state index in [1.807, 2.05) is 0 Å². The summed E-state index contributed by atoms with van der Waals surface area (Å²) in [5, 5.41) is 16.7. The van der Waals surface area contributed by atoms with Crippen LogP contribution in [0, 0.1) is 0 Å². The van der Waals surface area contributed by atoms with Gasteiger partial charge in [-0.15, -0.1) is 0 Å². The average Bonchev–Trinajstić information content (AvgIpc) is 2.77. The number of hydrogen-bond donors (Lipinski definition) is 7. The summed E-state index contributed by atoms with van der Waals surface area (Å²) in [6, 6.07) is 4.88. The molecule has 1 aromatic carbocycles. The van der Waals surface area contributed by atoms with E-state index < -0.39 is 54.1 Å². The van der Waals surface area contributed by atoms with Crippen LogP contribution in [0.25, 0.3) is 0 Å². The Hall–Kier alpha value is -3.51. The minimum Gasteiger partial charge on any atom is -0.480 e. The van der Waals surface area contributed by atoms with Gasteiger partial charge in [0.2, 0.25) is 23.6 Å². The quantitative estimate of drug-likeness (QED) is 0.140. The zero-order valence-corrected chi connectivity index (χ0v) is 18.3. The topological polar surface area (TPSA) is 220 Å². The van der Waals surface area contributed by atoms with Crippen molar-refractivity contribution < 1.29 is 29.1 Å². The van der Waals surface area contributed by atoms with Gasteiger partial charge in [0, 0.05) is 6.42 Å². The molecule has 12 nitrogen and oxygen atoms in total. The molecule has 33 heavy (non-hydrogen) atoms. The van der Waals surface area contributed by atoms with Gasteiger partial charge in [0.25, 0.3) is 0 Å². The number of primary amides is 1. The maximum atomic E-state index is 12.8. The molecule has 10 N–H and O–H groups in total. The highest BCUT2D eigenvalue weighted by molar-refractivity contribution is 5.95. The van der Waals surface area contributed by atoms with Crippen LogP contribution in [0.2, 0.25) is 0 Å². The molecule has 0 saturated heterocycles. The molecule has 1 aromatic rings. The number of unbranched alkanes of at least 4 members (excludes halogenated alkanes) is 1. The zero-order chi connectivity index (χ0) is 24.8. The molecule has 182 valence electrons. The van der Waals surface area contributed by atoms with Crippen LogP contribution in [-0.4, -0.2) is 65.9 Å². The molecule has 0 fully saturated rings. The van der Waals surface area contributed by atoms with Crippen molar-refractivity contribution in [2.75, 3.05) is 13.1 Å². The van der Waals surface area contributed by atoms with E-state index in [2.05, 4.69) is 16.0 Å². The maximum absolute atomic E-state index is 12.8. The van der Waals surface area contributed by atoms with Crippen LogP contribution in [0.5, 0.6) is 0 Å². The van der Waals surface area contributed by atoms with E-state index >= 15 is 0 Å². The highest BCUT2D eigenvalue weighted by Gasteiger charge is 2.30. The van der Waals surface area contributed by atoms with Crippen molar-refractivity contribution in [3.63, 3.8) is 0 Å². The number of carbonyl (C=O) groups excluding carboxylic acids is 4. The Morgan fingerprint density at radius 2 is 1.45 bits per heavy atom. The van der Waals surface area contributed by atoms with Gasteiger partial charge in [0.05, 0.1) is 13.0 Å². The minimum absolute atomic E-state index is 0.00653. The molecule has 3 unspecified atom stereocenters. The fourth-order valence-corrected chi connectivity index (χ4v) is 3.02. The van der Waals surface area contributed by atoms with E-state index in [0.717, 1.165) is 0 Å². The highest BCUT2D eigenvalue weighted by atomic mass is 16.4. The van der Waals surface area contributed by atoms with Gasteiger partial charge in [-0.1, -0.05) is 30.3 Å². The van der Waals surface area contributed by atoms with Crippen molar-refractivity contribution in [1.82, 2.24) is 16.0 Å². The molecule has 0 radical (unpaired) electrons. The number of carbonyl (C=O) groups is 5. The van der Waals surface area contributed by atoms with Gasteiger partial charge in [-0.2, -0.15) is 0 Å². The van der Waals surface area contributed by atoms with Gasteiger partial charge in [0.15, 0.2) is 0 Å². The average molecular weight is 465 g/mol. The molecule has 0 saturated carbocycles. The molecule has 0 spiro atoms. The van der Waals surface area contributed by atoms with Gasteiger partial charge in [-0.05, 0) is 31.4 Å². The normalized spacial score (nSPS) is 13.3. The van der Waals surface area contributed by atoms with Gasteiger partial charge >= 0.3 is 5.97 Å². The number of nitrogens with one attached hydrogen (secondary N) is 3. The van der Waals surface area contributed by atoms with E-state index in [0.29, 0.717) is 24.9 Å². The van der Waals surface area contributed by atoms with Crippen LogP contribution >= 0.6 is 0 Å². The zero-order valence-electron chi connectivity index (χ0n) is 18.3. The first kappa shape index (κ1) is 27.5. The molecule has 3 atom stereocenters. The molecule has 1 rings (SSSR count). The fraction of sp³-hybridized carbons (Fsp3) is 0.476. The smallest absolute Gasteiger partial charge is 0.326 e. The SMILES string of the molecule is NCCCCC(NC(=O)CN)C(=O)NC(CC(N)=O)C(=O)NC(Cc1ccccc1)C(=O)O. The Morgan fingerprint density at radius 1 is 0.848 bits per heavy atom. The molecule has 0 aliphatic carbocycles. The molecule has 0 aromatic heterocycles. The largest absolute Gasteiger partial charge is 0.480 e. The number of rotatable bonds is 15. The lowest BCUT2D eigenvalue weighted by Crippen LogP contribution is -2.57. The first-order chi connectivity index (χ1) is 15.7. The predicted molar refractivity (Wildman–Crippen MR) is 119 cm³/mol. The number of carboxylic acids is 1. The van der Waals surface area contributed by atoms with Crippen LogP contribution in [0.15, 0.2) is 30.3 Å². The fourth-order valence-electron chi connectivity index (χ4n) is 3.02. The highest BCUT2D eigenvalue weighted by Crippen LogP contribution is 2.06. The lowest BCUT2D eigenvalue weighted by molar-refractivity contribution is -0.142. The third-order valence-electron chi connectivity index (χ3n) is 4.72. The summed E-state index contributed by atoms with van der Waals surface area (Å²) in [5.41, 5.74) is 16.6. The van der Waals surface area contributed by atoms with Crippen molar-refractivity contribution in [2.45, 2.75) is 50.2 Å². The first-order valence-corrected chi connectivity index (χ1v) is 10.5. The van der Waals surface area contributed by atoms with E-state index in [-0.39, 0.29) is 19.4 Å². The summed E-state index contributed by atoms with van der Waals surface area (Å²) in [7, 11) is 0. The third-order valence-corrected chi connectivity index (χ3v) is 4.72. The summed E-state index contributed by atoms with van der Waals surface area (Å²) in [6.07, 6.45) is 0.784. The molecule has 4 amide bonds. The van der Waals surface area contributed by atoms with Crippen molar-refractivity contribution >= 4 is 29.6 Å². The van der Waals surface area contributed by atoms with E-state index in [9.17, 15) is 29.1 Å². The molecule has 0 bridgehead atoms. The Morgan fingerprint density at radius 3 is 2.00 bits per heavy atom. The number of benzene rings is 1. The molecule has 0 aliphatic rings. The molecule has 0 heterocycles. The van der Waals surface area contributed by atoms with Gasteiger partial charge in [-0.25, -0.2) is 4.79 Å². The minimum atomic E-state index is -1.43. The lowest BCUT2D eigenvalue weighted by atomic mass is 10.0. The lowest BCUT2D eigenvalue weighted by Gasteiger charge is -2.24.